The van der Waals surface area contributed by atoms with Crippen molar-refractivity contribution in [2.45, 2.75) is 32.4 Å². The second kappa shape index (κ2) is 5.76. The maximum atomic E-state index is 12.0. The molecule has 1 aliphatic heterocycles. The summed E-state index contributed by atoms with van der Waals surface area (Å²) in [4.78, 5) is 20.7. The Balaban J connectivity index is 1.74. The summed E-state index contributed by atoms with van der Waals surface area (Å²) in [6.07, 6.45) is 1.68. The van der Waals surface area contributed by atoms with Crippen LogP contribution in [0.2, 0.25) is 0 Å². The minimum atomic E-state index is -0.0117. The number of hydrogen-bond acceptors (Lipinski definition) is 5. The molecule has 0 amide bonds. The summed E-state index contributed by atoms with van der Waals surface area (Å²) in [6.45, 7) is 3.62. The lowest BCUT2D eigenvalue weighted by atomic mass is 10.1. The number of nitrogens with one attached hydrogen (secondary N) is 3. The molecule has 5 nitrogen and oxygen atoms in total. The lowest BCUT2D eigenvalue weighted by Gasteiger charge is -2.18. The Bertz CT molecular complexity index is 635. The van der Waals surface area contributed by atoms with Crippen molar-refractivity contribution in [1.29, 1.82) is 0 Å². The van der Waals surface area contributed by atoms with Crippen molar-refractivity contribution < 1.29 is 0 Å². The largest absolute Gasteiger partial charge is 0.353 e. The first kappa shape index (κ1) is 13.3. The van der Waals surface area contributed by atoms with Crippen LogP contribution in [0, 0.1) is 0 Å². The van der Waals surface area contributed by atoms with Crippen LogP contribution in [0.1, 0.15) is 23.1 Å². The van der Waals surface area contributed by atoms with E-state index in [1.54, 1.807) is 11.3 Å². The van der Waals surface area contributed by atoms with E-state index in [1.807, 2.05) is 0 Å². The van der Waals surface area contributed by atoms with E-state index in [1.165, 1.54) is 4.88 Å². The highest BCUT2D eigenvalue weighted by molar-refractivity contribution is 7.09. The molecule has 3 N–H and O–H groups in total. The summed E-state index contributed by atoms with van der Waals surface area (Å²) in [5, 5.41) is 8.60. The van der Waals surface area contributed by atoms with E-state index in [0.29, 0.717) is 12.5 Å². The molecule has 0 aliphatic carbocycles. The molecule has 3 heterocycles. The average Bonchev–Trinajstić information content (AvgIpc) is 2.91. The fourth-order valence-corrected chi connectivity index (χ4v) is 3.29. The predicted octanol–water partition coefficient (Wildman–Crippen LogP) is 1.52. The van der Waals surface area contributed by atoms with Crippen molar-refractivity contribution in [2.24, 2.45) is 0 Å². The number of rotatable bonds is 4. The molecular weight excluding hydrogens is 272 g/mol. The predicted molar refractivity (Wildman–Crippen MR) is 81.4 cm³/mol. The summed E-state index contributed by atoms with van der Waals surface area (Å²) >= 11 is 1.75. The Labute approximate surface area is 121 Å². The van der Waals surface area contributed by atoms with E-state index in [4.69, 9.17) is 0 Å². The van der Waals surface area contributed by atoms with Gasteiger partial charge in [-0.2, -0.15) is 0 Å². The third-order valence-electron chi connectivity index (χ3n) is 3.42. The highest BCUT2D eigenvalue weighted by Gasteiger charge is 2.15. The van der Waals surface area contributed by atoms with Crippen LogP contribution in [0.5, 0.6) is 0 Å². The summed E-state index contributed by atoms with van der Waals surface area (Å²) in [7, 11) is 0. The molecule has 6 heteroatoms. The Morgan fingerprint density at radius 3 is 3.25 bits per heavy atom. The van der Waals surface area contributed by atoms with Crippen LogP contribution in [0.15, 0.2) is 22.3 Å². The number of nitrogens with zero attached hydrogens (tertiary/aromatic N) is 1. The van der Waals surface area contributed by atoms with E-state index in [-0.39, 0.29) is 11.6 Å². The summed E-state index contributed by atoms with van der Waals surface area (Å²) in [6, 6.07) is 4.40. The summed E-state index contributed by atoms with van der Waals surface area (Å²) in [5.74, 6) is 0.571. The summed E-state index contributed by atoms with van der Waals surface area (Å²) < 4.78 is 0. The number of hydrogen-bond donors (Lipinski definition) is 3. The highest BCUT2D eigenvalue weighted by atomic mass is 32.1. The zero-order valence-electron chi connectivity index (χ0n) is 11.4. The van der Waals surface area contributed by atoms with Crippen molar-refractivity contribution >= 4 is 17.3 Å². The van der Waals surface area contributed by atoms with E-state index >= 15 is 0 Å². The van der Waals surface area contributed by atoms with Gasteiger partial charge in [0.1, 0.15) is 0 Å². The van der Waals surface area contributed by atoms with Gasteiger partial charge in [-0.3, -0.25) is 9.78 Å². The molecule has 0 fully saturated rings. The smallest absolute Gasteiger partial charge is 0.255 e. The Kier molecular flexibility index (Phi) is 3.84. The Hall–Kier alpha value is -1.66. The molecule has 0 aromatic carbocycles. The van der Waals surface area contributed by atoms with Crippen LogP contribution >= 0.6 is 11.3 Å². The maximum absolute atomic E-state index is 12.0. The molecule has 2 aromatic rings. The van der Waals surface area contributed by atoms with Gasteiger partial charge in [0.2, 0.25) is 5.95 Å². The van der Waals surface area contributed by atoms with E-state index in [0.717, 1.165) is 30.6 Å². The first-order chi connectivity index (χ1) is 9.72. The van der Waals surface area contributed by atoms with E-state index in [2.05, 4.69) is 45.0 Å². The second-order valence-electron chi connectivity index (χ2n) is 5.10. The molecule has 3 rings (SSSR count). The molecule has 106 valence electrons. The number of fused-ring (bicyclic) bond motifs is 1. The fourth-order valence-electron chi connectivity index (χ4n) is 2.45. The van der Waals surface area contributed by atoms with Gasteiger partial charge < -0.3 is 10.6 Å². The van der Waals surface area contributed by atoms with Crippen molar-refractivity contribution in [3.05, 3.63) is 44.0 Å². The van der Waals surface area contributed by atoms with Gasteiger partial charge in [0.15, 0.2) is 0 Å². The molecule has 2 aromatic heterocycles. The molecule has 0 bridgehead atoms. The monoisotopic (exact) mass is 290 g/mol. The van der Waals surface area contributed by atoms with Crippen LogP contribution in [0.4, 0.5) is 5.95 Å². The van der Waals surface area contributed by atoms with Gasteiger partial charge in [0, 0.05) is 29.4 Å². The van der Waals surface area contributed by atoms with Gasteiger partial charge in [-0.05, 0) is 31.3 Å². The normalized spacial score (nSPS) is 15.7. The molecule has 1 atom stereocenters. The zero-order valence-corrected chi connectivity index (χ0v) is 12.2. The standard InChI is InChI=1S/C14H18N4OS/c1-9(7-10-3-2-6-20-10)16-14-17-12-8-15-5-4-11(12)13(19)18-14/h2-3,6,9,15H,4-5,7-8H2,1H3,(H2,16,17,18,19). The van der Waals surface area contributed by atoms with Crippen molar-refractivity contribution in [3.8, 4) is 0 Å². The van der Waals surface area contributed by atoms with Crippen LogP contribution < -0.4 is 16.2 Å². The topological polar surface area (TPSA) is 69.8 Å². The average molecular weight is 290 g/mol. The van der Waals surface area contributed by atoms with Crippen LogP contribution in [0.25, 0.3) is 0 Å². The molecule has 20 heavy (non-hydrogen) atoms. The Morgan fingerprint density at radius 1 is 1.55 bits per heavy atom. The third-order valence-corrected chi connectivity index (χ3v) is 4.31. The van der Waals surface area contributed by atoms with Crippen LogP contribution in [-0.4, -0.2) is 22.6 Å². The highest BCUT2D eigenvalue weighted by Crippen LogP contribution is 2.14. The molecule has 0 radical (unpaired) electrons. The van der Waals surface area contributed by atoms with Crippen molar-refractivity contribution in [2.75, 3.05) is 11.9 Å². The van der Waals surface area contributed by atoms with Crippen molar-refractivity contribution in [1.82, 2.24) is 15.3 Å². The molecule has 0 saturated heterocycles. The third kappa shape index (κ3) is 2.91. The zero-order chi connectivity index (χ0) is 13.9. The number of aromatic nitrogens is 2. The minimum Gasteiger partial charge on any atom is -0.353 e. The lowest BCUT2D eigenvalue weighted by Crippen LogP contribution is -2.32. The maximum Gasteiger partial charge on any atom is 0.255 e. The van der Waals surface area contributed by atoms with Gasteiger partial charge in [-0.15, -0.1) is 11.3 Å². The van der Waals surface area contributed by atoms with E-state index in [9.17, 15) is 4.79 Å². The molecule has 0 saturated carbocycles. The number of anilines is 1. The van der Waals surface area contributed by atoms with Crippen LogP contribution in [0.3, 0.4) is 0 Å². The van der Waals surface area contributed by atoms with Gasteiger partial charge in [-0.1, -0.05) is 6.07 Å². The SMILES string of the molecule is CC(Cc1cccs1)Nc1nc2c(c(=O)[nH]1)CCNC2. The first-order valence-corrected chi connectivity index (χ1v) is 7.72. The quantitative estimate of drug-likeness (QED) is 0.798. The number of aromatic amines is 1. The molecular formula is C14H18N4OS. The first-order valence-electron chi connectivity index (χ1n) is 6.84. The number of thiophene rings is 1. The second-order valence-corrected chi connectivity index (χ2v) is 6.13. The molecule has 0 spiro atoms. The van der Waals surface area contributed by atoms with E-state index < -0.39 is 0 Å². The Morgan fingerprint density at radius 2 is 2.45 bits per heavy atom. The molecule has 1 aliphatic rings. The van der Waals surface area contributed by atoms with Crippen LogP contribution in [-0.2, 0) is 19.4 Å². The molecule has 1 unspecified atom stereocenters. The number of H-pyrrole nitrogens is 1. The fraction of sp³-hybridized carbons (Fsp3) is 0.429. The van der Waals surface area contributed by atoms with Gasteiger partial charge >= 0.3 is 0 Å². The lowest BCUT2D eigenvalue weighted by molar-refractivity contribution is 0.618. The van der Waals surface area contributed by atoms with Crippen molar-refractivity contribution in [3.63, 3.8) is 0 Å². The van der Waals surface area contributed by atoms with Gasteiger partial charge in [0.25, 0.3) is 5.56 Å². The van der Waals surface area contributed by atoms with Gasteiger partial charge in [-0.25, -0.2) is 4.98 Å². The van der Waals surface area contributed by atoms with Gasteiger partial charge in [0.05, 0.1) is 5.69 Å². The minimum absolute atomic E-state index is 0.0117. The summed E-state index contributed by atoms with van der Waals surface area (Å²) in [5.41, 5.74) is 1.67.